The van der Waals surface area contributed by atoms with E-state index in [-0.39, 0.29) is 24.9 Å². The number of nitrogens with one attached hydrogen (secondary N) is 1. The molecule has 0 fully saturated rings. The van der Waals surface area contributed by atoms with Gasteiger partial charge in [-0.1, -0.05) is 19.1 Å². The lowest BCUT2D eigenvalue weighted by Crippen LogP contribution is -2.26. The van der Waals surface area contributed by atoms with Crippen LogP contribution in [-0.4, -0.2) is 64.5 Å². The van der Waals surface area contributed by atoms with Gasteiger partial charge in [0.1, 0.15) is 24.6 Å². The van der Waals surface area contributed by atoms with Gasteiger partial charge in [0.05, 0.1) is 6.61 Å². The number of anilines is 2. The number of carbonyl (C=O) groups excluding carboxylic acids is 1. The van der Waals surface area contributed by atoms with Gasteiger partial charge in [-0.05, 0) is 37.6 Å². The van der Waals surface area contributed by atoms with Crippen molar-refractivity contribution < 1.29 is 15.0 Å². The molecule has 28 heavy (non-hydrogen) atoms. The SMILES string of the molecule is CCCN(CO)c1cc(C(=O)Nc2ccc(CN(C)CCO)cc2C)ncn1. The van der Waals surface area contributed by atoms with Crippen LogP contribution >= 0.6 is 0 Å². The quantitative estimate of drug-likeness (QED) is 0.533. The van der Waals surface area contributed by atoms with E-state index < -0.39 is 0 Å². The first-order valence-electron chi connectivity index (χ1n) is 9.36. The van der Waals surface area contributed by atoms with Gasteiger partial charge in [-0.25, -0.2) is 9.97 Å². The number of nitrogens with zero attached hydrogens (tertiary/aromatic N) is 4. The molecule has 2 aromatic rings. The Morgan fingerprint density at radius 1 is 1.18 bits per heavy atom. The number of amides is 1. The number of aliphatic hydroxyl groups is 2. The first-order chi connectivity index (χ1) is 13.5. The fourth-order valence-corrected chi connectivity index (χ4v) is 2.88. The van der Waals surface area contributed by atoms with Crippen LogP contribution < -0.4 is 10.2 Å². The average Bonchev–Trinajstić information content (AvgIpc) is 2.68. The lowest BCUT2D eigenvalue weighted by Gasteiger charge is -2.20. The maximum atomic E-state index is 12.6. The second-order valence-corrected chi connectivity index (χ2v) is 6.73. The molecular weight excluding hydrogens is 358 g/mol. The largest absolute Gasteiger partial charge is 0.395 e. The van der Waals surface area contributed by atoms with E-state index in [9.17, 15) is 9.90 Å². The molecule has 3 N–H and O–H groups in total. The third-order valence-electron chi connectivity index (χ3n) is 4.35. The lowest BCUT2D eigenvalue weighted by molar-refractivity contribution is 0.102. The van der Waals surface area contributed by atoms with Crippen LogP contribution in [0.5, 0.6) is 0 Å². The fourth-order valence-electron chi connectivity index (χ4n) is 2.88. The standard InChI is InChI=1S/C20H29N5O3/c1-4-7-25(14-27)19-11-18(21-13-22-19)20(28)23-17-6-5-16(10-15(17)2)12-24(3)8-9-26/h5-6,10-11,13,26-27H,4,7-9,12,14H2,1-3H3,(H,23,28). The van der Waals surface area contributed by atoms with Crippen LogP contribution in [0.25, 0.3) is 0 Å². The molecule has 8 heteroatoms. The molecule has 152 valence electrons. The molecule has 0 aliphatic carbocycles. The van der Waals surface area contributed by atoms with Gasteiger partial charge in [0.15, 0.2) is 0 Å². The molecule has 0 aliphatic heterocycles. The molecule has 0 saturated carbocycles. The first-order valence-corrected chi connectivity index (χ1v) is 9.36. The highest BCUT2D eigenvalue weighted by atomic mass is 16.3. The molecule has 1 amide bonds. The third-order valence-corrected chi connectivity index (χ3v) is 4.35. The van der Waals surface area contributed by atoms with Gasteiger partial charge in [-0.15, -0.1) is 0 Å². The Labute approximate surface area is 165 Å². The molecule has 0 aliphatic rings. The van der Waals surface area contributed by atoms with Crippen LogP contribution in [0.2, 0.25) is 0 Å². The van der Waals surface area contributed by atoms with E-state index >= 15 is 0 Å². The Kier molecular flexibility index (Phi) is 8.31. The summed E-state index contributed by atoms with van der Waals surface area (Å²) in [5, 5.41) is 21.4. The van der Waals surface area contributed by atoms with Crippen molar-refractivity contribution in [2.75, 3.05) is 43.7 Å². The molecule has 0 unspecified atom stereocenters. The Morgan fingerprint density at radius 2 is 1.96 bits per heavy atom. The summed E-state index contributed by atoms with van der Waals surface area (Å²) in [7, 11) is 1.95. The maximum absolute atomic E-state index is 12.6. The van der Waals surface area contributed by atoms with Gasteiger partial charge in [0, 0.05) is 31.4 Å². The van der Waals surface area contributed by atoms with Crippen molar-refractivity contribution in [3.8, 4) is 0 Å². The zero-order valence-corrected chi connectivity index (χ0v) is 16.7. The van der Waals surface area contributed by atoms with E-state index in [0.29, 0.717) is 24.6 Å². The first kappa shape index (κ1) is 21.7. The average molecular weight is 387 g/mol. The molecule has 1 aromatic heterocycles. The zero-order chi connectivity index (χ0) is 20.5. The van der Waals surface area contributed by atoms with E-state index in [1.54, 1.807) is 11.0 Å². The summed E-state index contributed by atoms with van der Waals surface area (Å²) in [5.74, 6) is 0.190. The Hall–Kier alpha value is -2.55. The van der Waals surface area contributed by atoms with E-state index in [2.05, 4.69) is 15.3 Å². The van der Waals surface area contributed by atoms with Crippen LogP contribution in [0.4, 0.5) is 11.5 Å². The fraction of sp³-hybridized carbons (Fsp3) is 0.450. The predicted octanol–water partition coefficient (Wildman–Crippen LogP) is 1.63. The van der Waals surface area contributed by atoms with E-state index in [1.165, 1.54) is 6.33 Å². The topological polar surface area (TPSA) is 102 Å². The van der Waals surface area contributed by atoms with Crippen LogP contribution in [0.1, 0.15) is 35.0 Å². The smallest absolute Gasteiger partial charge is 0.274 e. The minimum Gasteiger partial charge on any atom is -0.395 e. The number of carbonyl (C=O) groups is 1. The van der Waals surface area contributed by atoms with Gasteiger partial charge >= 0.3 is 0 Å². The van der Waals surface area contributed by atoms with Crippen LogP contribution in [0, 0.1) is 6.92 Å². The van der Waals surface area contributed by atoms with E-state index in [0.717, 1.165) is 24.1 Å². The molecule has 0 saturated heterocycles. The van der Waals surface area contributed by atoms with Gasteiger partial charge in [0.2, 0.25) is 0 Å². The molecule has 1 aromatic carbocycles. The molecule has 0 radical (unpaired) electrons. The minimum atomic E-state index is -0.328. The summed E-state index contributed by atoms with van der Waals surface area (Å²) < 4.78 is 0. The Balaban J connectivity index is 2.10. The van der Waals surface area contributed by atoms with Crippen LogP contribution in [0.3, 0.4) is 0 Å². The van der Waals surface area contributed by atoms with Crippen LogP contribution in [0.15, 0.2) is 30.6 Å². The zero-order valence-electron chi connectivity index (χ0n) is 16.7. The third kappa shape index (κ3) is 5.98. The van der Waals surface area contributed by atoms with Gasteiger partial charge < -0.3 is 20.4 Å². The van der Waals surface area contributed by atoms with Gasteiger partial charge in [0.25, 0.3) is 5.91 Å². The highest BCUT2D eigenvalue weighted by Gasteiger charge is 2.13. The highest BCUT2D eigenvalue weighted by molar-refractivity contribution is 6.03. The number of aromatic nitrogens is 2. The summed E-state index contributed by atoms with van der Waals surface area (Å²) in [5.41, 5.74) is 3.01. The van der Waals surface area contributed by atoms with Crippen LogP contribution in [-0.2, 0) is 6.54 Å². The number of aliphatic hydroxyl groups excluding tert-OH is 2. The second kappa shape index (κ2) is 10.7. The molecular formula is C20H29N5O3. The van der Waals surface area contributed by atoms with Gasteiger partial charge in [-0.2, -0.15) is 0 Å². The summed E-state index contributed by atoms with van der Waals surface area (Å²) >= 11 is 0. The number of likely N-dealkylation sites (N-methyl/N-ethyl adjacent to an activating group) is 1. The van der Waals surface area contributed by atoms with Crippen molar-refractivity contribution in [2.24, 2.45) is 0 Å². The number of hydrogen-bond acceptors (Lipinski definition) is 7. The summed E-state index contributed by atoms with van der Waals surface area (Å²) in [4.78, 5) is 24.5. The van der Waals surface area contributed by atoms with Crippen molar-refractivity contribution in [3.05, 3.63) is 47.4 Å². The summed E-state index contributed by atoms with van der Waals surface area (Å²) in [6.45, 7) is 5.86. The van der Waals surface area contributed by atoms with Crippen molar-refractivity contribution in [1.29, 1.82) is 0 Å². The van der Waals surface area contributed by atoms with Crippen molar-refractivity contribution >= 4 is 17.4 Å². The second-order valence-electron chi connectivity index (χ2n) is 6.73. The molecule has 0 atom stereocenters. The summed E-state index contributed by atoms with van der Waals surface area (Å²) in [6.07, 6.45) is 2.18. The lowest BCUT2D eigenvalue weighted by atomic mass is 10.1. The molecule has 8 nitrogen and oxygen atoms in total. The molecule has 0 bridgehead atoms. The summed E-state index contributed by atoms with van der Waals surface area (Å²) in [6, 6.07) is 7.42. The van der Waals surface area contributed by atoms with E-state index in [1.807, 2.05) is 44.0 Å². The van der Waals surface area contributed by atoms with Crippen molar-refractivity contribution in [2.45, 2.75) is 26.8 Å². The molecule has 1 heterocycles. The van der Waals surface area contributed by atoms with Gasteiger partial charge in [-0.3, -0.25) is 9.69 Å². The van der Waals surface area contributed by atoms with Crippen molar-refractivity contribution in [1.82, 2.24) is 14.9 Å². The molecule has 0 spiro atoms. The highest BCUT2D eigenvalue weighted by Crippen LogP contribution is 2.19. The monoisotopic (exact) mass is 387 g/mol. The number of hydrogen-bond donors (Lipinski definition) is 3. The predicted molar refractivity (Wildman–Crippen MR) is 109 cm³/mol. The normalized spacial score (nSPS) is 10.9. The molecule has 2 rings (SSSR count). The Bertz CT molecular complexity index is 784. The number of rotatable bonds is 10. The minimum absolute atomic E-state index is 0.122. The van der Waals surface area contributed by atoms with Crippen molar-refractivity contribution in [3.63, 3.8) is 0 Å². The van der Waals surface area contributed by atoms with E-state index in [4.69, 9.17) is 5.11 Å². The maximum Gasteiger partial charge on any atom is 0.274 e. The number of benzene rings is 1. The number of aryl methyl sites for hydroxylation is 1. The Morgan fingerprint density at radius 3 is 2.61 bits per heavy atom.